The van der Waals surface area contributed by atoms with E-state index in [0.717, 1.165) is 32.1 Å². The molecule has 4 aliphatic rings. The molecule has 0 aromatic carbocycles. The highest BCUT2D eigenvalue weighted by atomic mass is 16.6. The number of carbonyl (C=O) groups excluding carboxylic acids is 2. The number of fused-ring (bicyclic) bond motifs is 3. The molecule has 4 fully saturated rings. The van der Waals surface area contributed by atoms with E-state index in [9.17, 15) is 19.8 Å². The molecule has 164 valence electrons. The number of hydrogen-bond donors (Lipinski definition) is 2. The molecule has 0 radical (unpaired) electrons. The minimum Gasteiger partial charge on any atom is -0.396 e. The van der Waals surface area contributed by atoms with Crippen molar-refractivity contribution >= 4 is 17.5 Å². The number of oxime groups is 1. The third-order valence-electron chi connectivity index (χ3n) is 7.49. The van der Waals surface area contributed by atoms with E-state index in [1.165, 1.54) is 4.90 Å². The van der Waals surface area contributed by atoms with Crippen molar-refractivity contribution in [1.82, 2.24) is 4.90 Å². The van der Waals surface area contributed by atoms with Crippen molar-refractivity contribution in [3.8, 4) is 12.3 Å². The number of imide groups is 1. The third kappa shape index (κ3) is 3.76. The normalized spacial score (nSPS) is 38.3. The van der Waals surface area contributed by atoms with Gasteiger partial charge in [0.15, 0.2) is 0 Å². The Hall–Kier alpha value is -1.91. The Balaban J connectivity index is 1.55. The lowest BCUT2D eigenvalue weighted by molar-refractivity contribution is -0.145. The van der Waals surface area contributed by atoms with Crippen LogP contribution in [0.4, 0.5) is 0 Å². The fourth-order valence-corrected chi connectivity index (χ4v) is 6.06. The average Bonchev–Trinajstić information content (AvgIpc) is 3.01. The summed E-state index contributed by atoms with van der Waals surface area (Å²) in [4.78, 5) is 33.5. The van der Waals surface area contributed by atoms with E-state index in [-0.39, 0.29) is 30.2 Å². The van der Waals surface area contributed by atoms with Gasteiger partial charge in [-0.1, -0.05) is 24.4 Å². The van der Waals surface area contributed by atoms with Crippen LogP contribution >= 0.6 is 0 Å². The van der Waals surface area contributed by atoms with Gasteiger partial charge in [0.1, 0.15) is 6.61 Å². The summed E-state index contributed by atoms with van der Waals surface area (Å²) in [6.45, 7) is 0.392. The van der Waals surface area contributed by atoms with Gasteiger partial charge in [0, 0.05) is 30.7 Å². The number of nitrogens with zero attached hydrogens (tertiary/aromatic N) is 2. The monoisotopic (exact) mass is 416 g/mol. The van der Waals surface area contributed by atoms with Gasteiger partial charge in [0.25, 0.3) is 0 Å². The van der Waals surface area contributed by atoms with Gasteiger partial charge in [-0.2, -0.15) is 0 Å². The van der Waals surface area contributed by atoms with Gasteiger partial charge in [-0.15, -0.1) is 12.3 Å². The lowest BCUT2D eigenvalue weighted by Gasteiger charge is -2.45. The molecule has 2 amide bonds. The van der Waals surface area contributed by atoms with E-state index in [4.69, 9.17) is 11.3 Å². The van der Waals surface area contributed by atoms with Crippen LogP contribution < -0.4 is 0 Å². The molecule has 6 atom stereocenters. The zero-order valence-corrected chi connectivity index (χ0v) is 17.4. The van der Waals surface area contributed by atoms with Crippen LogP contribution in [0.1, 0.15) is 64.2 Å². The summed E-state index contributed by atoms with van der Waals surface area (Å²) in [5.74, 6) is 0.707. The van der Waals surface area contributed by atoms with Gasteiger partial charge < -0.3 is 15.1 Å². The average molecular weight is 417 g/mol. The smallest absolute Gasteiger partial charge is 0.233 e. The molecule has 1 saturated heterocycles. The van der Waals surface area contributed by atoms with Crippen molar-refractivity contribution in [2.75, 3.05) is 6.61 Å². The highest BCUT2D eigenvalue weighted by molar-refractivity contribution is 6.06. The Bertz CT molecular complexity index is 738. The first-order chi connectivity index (χ1) is 14.5. The second-order valence-corrected chi connectivity index (χ2v) is 9.22. The molecule has 3 saturated carbocycles. The molecule has 2 N–H and O–H groups in total. The molecule has 1 heterocycles. The van der Waals surface area contributed by atoms with Crippen LogP contribution in [0, 0.1) is 36.0 Å². The Morgan fingerprint density at radius 1 is 1.07 bits per heavy atom. The SMILES string of the molecule is C#CCCCO/N=C1/C[C@@H](O)[C@@H](O)[C@@H]2[C@@H]3C(=O)N(C4CCCCC4)C(=O)[C@H]3CC[C@@H]12. The summed E-state index contributed by atoms with van der Waals surface area (Å²) in [5, 5.41) is 25.6. The lowest BCUT2D eigenvalue weighted by atomic mass is 9.60. The number of terminal acetylenes is 1. The second-order valence-electron chi connectivity index (χ2n) is 9.22. The second kappa shape index (κ2) is 9.07. The van der Waals surface area contributed by atoms with Crippen LogP contribution in [-0.2, 0) is 14.4 Å². The molecule has 0 unspecified atom stereocenters. The van der Waals surface area contributed by atoms with E-state index in [1.807, 2.05) is 0 Å². The third-order valence-corrected chi connectivity index (χ3v) is 7.49. The molecule has 7 nitrogen and oxygen atoms in total. The fraction of sp³-hybridized carbons (Fsp3) is 0.783. The van der Waals surface area contributed by atoms with Crippen molar-refractivity contribution in [1.29, 1.82) is 0 Å². The molecule has 0 spiro atoms. The molecule has 3 aliphatic carbocycles. The quantitative estimate of drug-likeness (QED) is 0.308. The minimum atomic E-state index is -1.04. The van der Waals surface area contributed by atoms with Gasteiger partial charge in [0.05, 0.1) is 29.8 Å². The molecule has 4 rings (SSSR count). The van der Waals surface area contributed by atoms with Crippen molar-refractivity contribution in [3.63, 3.8) is 0 Å². The standard InChI is InChI=1S/C23H32N2O5/c1-2-3-7-12-30-24-17-13-18(26)21(27)19-15(17)10-11-16-20(19)23(29)25(22(16)28)14-8-5-4-6-9-14/h1,14-16,18-21,26-27H,3-13H2/b24-17-/t15-,16-,18+,19-,20+,21+/m0/s1. The summed E-state index contributed by atoms with van der Waals surface area (Å²) in [5.41, 5.74) is 0.688. The van der Waals surface area contributed by atoms with Crippen molar-refractivity contribution in [2.45, 2.75) is 82.5 Å². The predicted octanol–water partition coefficient (Wildman–Crippen LogP) is 1.86. The molecular weight excluding hydrogens is 384 g/mol. The summed E-state index contributed by atoms with van der Waals surface area (Å²) >= 11 is 0. The maximum Gasteiger partial charge on any atom is 0.233 e. The van der Waals surface area contributed by atoms with Crippen molar-refractivity contribution < 1.29 is 24.6 Å². The first-order valence-electron chi connectivity index (χ1n) is 11.4. The van der Waals surface area contributed by atoms with Gasteiger partial charge >= 0.3 is 0 Å². The summed E-state index contributed by atoms with van der Waals surface area (Å²) in [7, 11) is 0. The lowest BCUT2D eigenvalue weighted by Crippen LogP contribution is -2.54. The molecule has 1 aliphatic heterocycles. The first-order valence-corrected chi connectivity index (χ1v) is 11.4. The van der Waals surface area contributed by atoms with Crippen molar-refractivity contribution in [3.05, 3.63) is 0 Å². The van der Waals surface area contributed by atoms with Crippen LogP contribution in [0.3, 0.4) is 0 Å². The molecule has 7 heteroatoms. The highest BCUT2D eigenvalue weighted by Gasteiger charge is 2.60. The zero-order valence-electron chi connectivity index (χ0n) is 17.4. The Kier molecular flexibility index (Phi) is 6.45. The van der Waals surface area contributed by atoms with E-state index < -0.39 is 30.0 Å². The number of unbranched alkanes of at least 4 members (excludes halogenated alkanes) is 1. The summed E-state index contributed by atoms with van der Waals surface area (Å²) in [6, 6.07) is -0.0129. The summed E-state index contributed by atoms with van der Waals surface area (Å²) in [6.07, 6.45) is 11.0. The highest BCUT2D eigenvalue weighted by Crippen LogP contribution is 2.50. The van der Waals surface area contributed by atoms with Gasteiger partial charge in [-0.25, -0.2) is 0 Å². The molecule has 0 aromatic heterocycles. The molecule has 0 bridgehead atoms. The van der Waals surface area contributed by atoms with E-state index >= 15 is 0 Å². The van der Waals surface area contributed by atoms with Gasteiger partial charge in [0.2, 0.25) is 11.8 Å². The zero-order chi connectivity index (χ0) is 21.3. The Morgan fingerprint density at radius 2 is 1.80 bits per heavy atom. The Morgan fingerprint density at radius 3 is 2.53 bits per heavy atom. The number of aliphatic hydroxyl groups is 2. The number of amides is 2. The van der Waals surface area contributed by atoms with E-state index in [2.05, 4.69) is 11.1 Å². The van der Waals surface area contributed by atoms with Crippen LogP contribution in [0.2, 0.25) is 0 Å². The molecule has 30 heavy (non-hydrogen) atoms. The van der Waals surface area contributed by atoms with Crippen LogP contribution in [0.15, 0.2) is 5.16 Å². The topological polar surface area (TPSA) is 99.4 Å². The Labute approximate surface area is 177 Å². The summed E-state index contributed by atoms with van der Waals surface area (Å²) < 4.78 is 0. The van der Waals surface area contributed by atoms with Crippen LogP contribution in [0.5, 0.6) is 0 Å². The van der Waals surface area contributed by atoms with Crippen LogP contribution in [-0.4, -0.2) is 57.5 Å². The number of rotatable bonds is 5. The number of hydrogen-bond acceptors (Lipinski definition) is 6. The van der Waals surface area contributed by atoms with Crippen molar-refractivity contribution in [2.24, 2.45) is 28.8 Å². The van der Waals surface area contributed by atoms with E-state index in [0.29, 0.717) is 38.0 Å². The molecule has 0 aromatic rings. The molecular formula is C23H32N2O5. The maximum atomic E-state index is 13.4. The van der Waals surface area contributed by atoms with E-state index in [1.54, 1.807) is 0 Å². The largest absolute Gasteiger partial charge is 0.396 e. The number of carbonyl (C=O) groups is 2. The van der Waals surface area contributed by atoms with Gasteiger partial charge in [-0.05, 0) is 32.1 Å². The van der Waals surface area contributed by atoms with Crippen LogP contribution in [0.25, 0.3) is 0 Å². The number of likely N-dealkylation sites (tertiary alicyclic amines) is 1. The number of aliphatic hydroxyl groups excluding tert-OH is 2. The predicted molar refractivity (Wildman–Crippen MR) is 110 cm³/mol. The minimum absolute atomic E-state index is 0.0129. The first kappa shape index (κ1) is 21.3. The van der Waals surface area contributed by atoms with Gasteiger partial charge in [-0.3, -0.25) is 14.5 Å². The maximum absolute atomic E-state index is 13.4. The fourth-order valence-electron chi connectivity index (χ4n) is 6.06.